The van der Waals surface area contributed by atoms with Gasteiger partial charge in [0.1, 0.15) is 17.3 Å². The fourth-order valence-corrected chi connectivity index (χ4v) is 3.33. The predicted molar refractivity (Wildman–Crippen MR) is 89.4 cm³/mol. The average Bonchev–Trinajstić information content (AvgIpc) is 3.11. The van der Waals surface area contributed by atoms with Crippen molar-refractivity contribution < 1.29 is 18.4 Å². The third-order valence-electron chi connectivity index (χ3n) is 4.57. The van der Waals surface area contributed by atoms with Crippen molar-refractivity contribution in [1.82, 2.24) is 0 Å². The van der Waals surface area contributed by atoms with Crippen molar-refractivity contribution in [3.05, 3.63) is 65.2 Å². The summed E-state index contributed by atoms with van der Waals surface area (Å²) >= 11 is 0. The van der Waals surface area contributed by atoms with E-state index in [1.165, 1.54) is 11.0 Å². The molecule has 2 aromatic rings. The second-order valence-electron chi connectivity index (χ2n) is 6.19. The highest BCUT2D eigenvalue weighted by atomic mass is 19.1. The molecule has 0 radical (unpaired) electrons. The first-order valence-electron chi connectivity index (χ1n) is 8.21. The normalized spacial score (nSPS) is 19.2. The molecule has 25 heavy (non-hydrogen) atoms. The Bertz CT molecular complexity index is 852. The molecular formula is C19H16F2N2O2. The third kappa shape index (κ3) is 2.88. The Labute approximate surface area is 143 Å². The Balaban J connectivity index is 1.57. The van der Waals surface area contributed by atoms with Crippen molar-refractivity contribution in [2.24, 2.45) is 5.16 Å². The molecule has 1 amide bonds. The van der Waals surface area contributed by atoms with Gasteiger partial charge in [-0.25, -0.2) is 8.78 Å². The third-order valence-corrected chi connectivity index (χ3v) is 4.57. The Kier molecular flexibility index (Phi) is 3.95. The molecule has 0 fully saturated rings. The number of fused-ring (bicyclic) bond motifs is 1. The van der Waals surface area contributed by atoms with Gasteiger partial charge in [-0.15, -0.1) is 0 Å². The second-order valence-corrected chi connectivity index (χ2v) is 6.19. The van der Waals surface area contributed by atoms with E-state index < -0.39 is 11.6 Å². The first kappa shape index (κ1) is 15.7. The molecule has 0 aromatic heterocycles. The number of benzene rings is 2. The van der Waals surface area contributed by atoms with Crippen LogP contribution in [-0.2, 0) is 16.1 Å². The van der Waals surface area contributed by atoms with Gasteiger partial charge in [0.15, 0.2) is 6.10 Å². The number of nitrogens with zero attached hydrogens (tertiary/aromatic N) is 2. The van der Waals surface area contributed by atoms with E-state index in [1.54, 1.807) is 0 Å². The van der Waals surface area contributed by atoms with Gasteiger partial charge in [-0.1, -0.05) is 35.5 Å². The molecule has 4 nitrogen and oxygen atoms in total. The van der Waals surface area contributed by atoms with E-state index in [-0.39, 0.29) is 17.7 Å². The van der Waals surface area contributed by atoms with Crippen LogP contribution in [0.2, 0.25) is 0 Å². The number of hydrogen-bond acceptors (Lipinski definition) is 3. The molecule has 128 valence electrons. The summed E-state index contributed by atoms with van der Waals surface area (Å²) in [7, 11) is 0. The van der Waals surface area contributed by atoms with E-state index >= 15 is 0 Å². The summed E-state index contributed by atoms with van der Waals surface area (Å²) in [5.74, 6) is -1.66. The standard InChI is InChI=1S/C19H16F2N2O2/c20-13-9-15(21)14-7-4-8-23(17(14)10-13)19(24)16-11-18(25-22-16)12-5-2-1-3-6-12/h1-3,5-6,9-10,18H,4,7-8,11H2/t18-/m0/s1. The van der Waals surface area contributed by atoms with Crippen molar-refractivity contribution in [3.63, 3.8) is 0 Å². The molecule has 2 heterocycles. The van der Waals surface area contributed by atoms with Crippen LogP contribution >= 0.6 is 0 Å². The van der Waals surface area contributed by atoms with Crippen LogP contribution < -0.4 is 4.90 Å². The van der Waals surface area contributed by atoms with Crippen LogP contribution in [0.3, 0.4) is 0 Å². The molecule has 0 bridgehead atoms. The smallest absolute Gasteiger partial charge is 0.276 e. The van der Waals surface area contributed by atoms with Gasteiger partial charge < -0.3 is 9.74 Å². The molecule has 0 spiro atoms. The lowest BCUT2D eigenvalue weighted by Crippen LogP contribution is -2.40. The molecule has 4 rings (SSSR count). The fourth-order valence-electron chi connectivity index (χ4n) is 3.33. The topological polar surface area (TPSA) is 41.9 Å². The van der Waals surface area contributed by atoms with Crippen LogP contribution in [0, 0.1) is 11.6 Å². The number of halogens is 2. The van der Waals surface area contributed by atoms with E-state index in [1.807, 2.05) is 30.3 Å². The van der Waals surface area contributed by atoms with Crippen molar-refractivity contribution >= 4 is 17.3 Å². The quantitative estimate of drug-likeness (QED) is 0.834. The molecule has 2 aliphatic heterocycles. The molecule has 6 heteroatoms. The summed E-state index contributed by atoms with van der Waals surface area (Å²) in [4.78, 5) is 19.6. The highest BCUT2D eigenvalue weighted by molar-refractivity contribution is 6.44. The molecule has 0 saturated heterocycles. The molecular weight excluding hydrogens is 326 g/mol. The second kappa shape index (κ2) is 6.27. The van der Waals surface area contributed by atoms with Crippen LogP contribution in [0.1, 0.15) is 30.1 Å². The van der Waals surface area contributed by atoms with Crippen LogP contribution in [0.15, 0.2) is 47.6 Å². The number of oxime groups is 1. The van der Waals surface area contributed by atoms with Crippen LogP contribution in [0.4, 0.5) is 14.5 Å². The number of amides is 1. The predicted octanol–water partition coefficient (Wildman–Crippen LogP) is 3.76. The van der Waals surface area contributed by atoms with Crippen LogP contribution in [0.25, 0.3) is 0 Å². The molecule has 2 aromatic carbocycles. The first-order valence-corrected chi connectivity index (χ1v) is 8.21. The number of anilines is 1. The molecule has 0 N–H and O–H groups in total. The molecule has 1 atom stereocenters. The summed E-state index contributed by atoms with van der Waals surface area (Å²) in [6.07, 6.45) is 1.14. The van der Waals surface area contributed by atoms with Crippen LogP contribution in [-0.4, -0.2) is 18.2 Å². The number of hydrogen-bond donors (Lipinski definition) is 0. The molecule has 0 unspecified atom stereocenters. The molecule has 0 saturated carbocycles. The summed E-state index contributed by atoms with van der Waals surface area (Å²) in [5.41, 5.74) is 1.87. The maximum Gasteiger partial charge on any atom is 0.276 e. The zero-order valence-corrected chi connectivity index (χ0v) is 13.4. The van der Waals surface area contributed by atoms with Gasteiger partial charge in [0, 0.05) is 24.6 Å². The number of carbonyl (C=O) groups is 1. The summed E-state index contributed by atoms with van der Waals surface area (Å²) in [6.45, 7) is 0.406. The first-order chi connectivity index (χ1) is 12.1. The van der Waals surface area contributed by atoms with Crippen molar-refractivity contribution in [2.45, 2.75) is 25.4 Å². The van der Waals surface area contributed by atoms with Gasteiger partial charge in [0.05, 0.1) is 5.69 Å². The highest BCUT2D eigenvalue weighted by Crippen LogP contribution is 2.33. The van der Waals surface area contributed by atoms with Gasteiger partial charge in [-0.2, -0.15) is 0 Å². The molecule has 0 aliphatic carbocycles. The number of carbonyl (C=O) groups excluding carboxylic acids is 1. The highest BCUT2D eigenvalue weighted by Gasteiger charge is 2.33. The summed E-state index contributed by atoms with van der Waals surface area (Å²) in [5, 5.41) is 3.92. The zero-order chi connectivity index (χ0) is 17.4. The van der Waals surface area contributed by atoms with Crippen molar-refractivity contribution in [3.8, 4) is 0 Å². The fraction of sp³-hybridized carbons (Fsp3) is 0.263. The van der Waals surface area contributed by atoms with Crippen LogP contribution in [0.5, 0.6) is 0 Å². The Morgan fingerprint density at radius 1 is 1.20 bits per heavy atom. The average molecular weight is 342 g/mol. The lowest BCUT2D eigenvalue weighted by Gasteiger charge is -2.29. The maximum atomic E-state index is 14.0. The monoisotopic (exact) mass is 342 g/mol. The van der Waals surface area contributed by atoms with E-state index in [9.17, 15) is 13.6 Å². The Hall–Kier alpha value is -2.76. The van der Waals surface area contributed by atoms with Gasteiger partial charge in [-0.05, 0) is 24.5 Å². The van der Waals surface area contributed by atoms with Gasteiger partial charge in [0.2, 0.25) is 0 Å². The Morgan fingerprint density at radius 2 is 2.00 bits per heavy atom. The lowest BCUT2D eigenvalue weighted by molar-refractivity contribution is -0.112. The largest absolute Gasteiger partial charge is 0.387 e. The molecule has 2 aliphatic rings. The maximum absolute atomic E-state index is 14.0. The van der Waals surface area contributed by atoms with Gasteiger partial charge in [-0.3, -0.25) is 4.79 Å². The minimum absolute atomic E-state index is 0.270. The zero-order valence-electron chi connectivity index (χ0n) is 13.4. The van der Waals surface area contributed by atoms with E-state index in [0.717, 1.165) is 11.6 Å². The summed E-state index contributed by atoms with van der Waals surface area (Å²) < 4.78 is 27.6. The van der Waals surface area contributed by atoms with Gasteiger partial charge in [0.25, 0.3) is 5.91 Å². The van der Waals surface area contributed by atoms with E-state index in [2.05, 4.69) is 5.16 Å². The summed E-state index contributed by atoms with van der Waals surface area (Å²) in [6, 6.07) is 11.6. The minimum atomic E-state index is -0.692. The lowest BCUT2D eigenvalue weighted by atomic mass is 9.99. The van der Waals surface area contributed by atoms with Crippen molar-refractivity contribution in [1.29, 1.82) is 0 Å². The van der Waals surface area contributed by atoms with Crippen molar-refractivity contribution in [2.75, 3.05) is 11.4 Å². The SMILES string of the molecule is O=C(C1=NO[C@H](c2ccccc2)C1)N1CCCc2c(F)cc(F)cc21. The Morgan fingerprint density at radius 3 is 2.80 bits per heavy atom. The van der Waals surface area contributed by atoms with Gasteiger partial charge >= 0.3 is 0 Å². The number of rotatable bonds is 2. The van der Waals surface area contributed by atoms with E-state index in [4.69, 9.17) is 4.84 Å². The minimum Gasteiger partial charge on any atom is -0.387 e. The van der Waals surface area contributed by atoms with E-state index in [0.29, 0.717) is 37.1 Å².